The first-order valence-corrected chi connectivity index (χ1v) is 16.1. The van der Waals surface area contributed by atoms with Gasteiger partial charge in [0.2, 0.25) is 15.9 Å². The van der Waals surface area contributed by atoms with Crippen molar-refractivity contribution in [3.8, 4) is 0 Å². The van der Waals surface area contributed by atoms with E-state index in [2.05, 4.69) is 20.9 Å². The van der Waals surface area contributed by atoms with Crippen molar-refractivity contribution in [1.82, 2.24) is 25.2 Å². The number of halogens is 2. The van der Waals surface area contributed by atoms with Crippen LogP contribution in [0.15, 0.2) is 28.7 Å². The molecule has 0 aromatic carbocycles. The largest absolute Gasteiger partial charge is 0.372 e. The maximum Gasteiger partial charge on any atom is 0.229 e. The lowest BCUT2D eigenvalue weighted by Gasteiger charge is -2.46. The summed E-state index contributed by atoms with van der Waals surface area (Å²) < 4.78 is 56.6. The molecule has 3 aliphatic heterocycles. The second-order valence-electron chi connectivity index (χ2n) is 11.4. The van der Waals surface area contributed by atoms with Crippen LogP contribution in [0, 0.1) is 11.8 Å². The van der Waals surface area contributed by atoms with E-state index in [-0.39, 0.29) is 23.6 Å². The van der Waals surface area contributed by atoms with E-state index in [1.165, 1.54) is 10.4 Å². The van der Waals surface area contributed by atoms with Crippen molar-refractivity contribution in [1.29, 1.82) is 0 Å². The number of piperazine rings is 1. The third-order valence-electron chi connectivity index (χ3n) is 8.64. The zero-order valence-corrected chi connectivity index (χ0v) is 24.5. The summed E-state index contributed by atoms with van der Waals surface area (Å²) >= 11 is 0. The maximum absolute atomic E-state index is 15.4. The van der Waals surface area contributed by atoms with Crippen LogP contribution in [0.25, 0.3) is 0 Å². The van der Waals surface area contributed by atoms with Crippen molar-refractivity contribution >= 4 is 22.1 Å². The normalized spacial score (nSPS) is 36.6. The van der Waals surface area contributed by atoms with Gasteiger partial charge in [0.15, 0.2) is 0 Å². The number of carbonyl (C=O) groups is 1. The Morgan fingerprint density at radius 1 is 1.18 bits per heavy atom. The molecular weight excluding hydrogens is 540 g/mol. The van der Waals surface area contributed by atoms with E-state index in [1.54, 1.807) is 13.0 Å². The van der Waals surface area contributed by atoms with Crippen LogP contribution in [0.3, 0.4) is 0 Å². The number of rotatable bonds is 8. The Labute approximate surface area is 236 Å². The van der Waals surface area contributed by atoms with Crippen molar-refractivity contribution in [3.05, 3.63) is 23.7 Å². The number of aliphatic imine (C=N–C) groups is 1. The van der Waals surface area contributed by atoms with E-state index in [0.29, 0.717) is 45.6 Å². The van der Waals surface area contributed by atoms with Gasteiger partial charge in [-0.1, -0.05) is 13.8 Å². The molecule has 10 nitrogen and oxygen atoms in total. The Bertz CT molecular complexity index is 1090. The zero-order valence-electron chi connectivity index (χ0n) is 23.7. The number of nitrogens with zero attached hydrogens (tertiary/aromatic N) is 3. The summed E-state index contributed by atoms with van der Waals surface area (Å²) in [5, 5.41) is 9.07. The number of sulfonamides is 1. The first kappa shape index (κ1) is 31.0. The molecule has 1 saturated carbocycles. The fourth-order valence-corrected chi connectivity index (χ4v) is 7.92. The van der Waals surface area contributed by atoms with Crippen LogP contribution >= 0.6 is 0 Å². The fourth-order valence-electron chi connectivity index (χ4n) is 6.09. The third kappa shape index (κ3) is 7.10. The average molecular weight is 586 g/mol. The number of hydrogen-bond acceptors (Lipinski definition) is 8. The molecule has 13 heteroatoms. The van der Waals surface area contributed by atoms with Crippen LogP contribution in [-0.4, -0.2) is 105 Å². The molecule has 2 saturated heterocycles. The van der Waals surface area contributed by atoms with Gasteiger partial charge in [0, 0.05) is 45.0 Å². The number of alkyl halides is 1. The molecule has 0 bridgehead atoms. The summed E-state index contributed by atoms with van der Waals surface area (Å²) in [5.41, 5.74) is 7.32. The Hall–Kier alpha value is -1.93. The lowest BCUT2D eigenvalue weighted by molar-refractivity contribution is -0.128. The molecule has 0 spiro atoms. The lowest BCUT2D eigenvalue weighted by Crippen LogP contribution is -2.68. The van der Waals surface area contributed by atoms with E-state index in [9.17, 15) is 17.6 Å². The fraction of sp³-hybridized carbons (Fsp3) is 0.778. The van der Waals surface area contributed by atoms with E-state index >= 15 is 4.39 Å². The first-order valence-electron chi connectivity index (χ1n) is 14.6. The Morgan fingerprint density at radius 3 is 2.48 bits per heavy atom. The smallest absolute Gasteiger partial charge is 0.229 e. The number of carbonyl (C=O) groups excluding carboxylic acids is 1. The minimum Gasteiger partial charge on any atom is -0.372 e. The number of hydrogen-bond donors (Lipinski definition) is 4. The summed E-state index contributed by atoms with van der Waals surface area (Å²) in [7, 11) is -3.29. The van der Waals surface area contributed by atoms with E-state index in [1.807, 2.05) is 18.7 Å². The van der Waals surface area contributed by atoms with Crippen molar-refractivity contribution < 1.29 is 22.0 Å². The number of amides is 1. The molecular formula is C27H45F2N7O3S. The van der Waals surface area contributed by atoms with Gasteiger partial charge in [-0.15, -0.1) is 0 Å². The van der Waals surface area contributed by atoms with Gasteiger partial charge in [0.1, 0.15) is 12.0 Å². The predicted octanol–water partition coefficient (Wildman–Crippen LogP) is 1.03. The third-order valence-corrected chi connectivity index (χ3v) is 11.0. The van der Waals surface area contributed by atoms with Crippen LogP contribution in [0.4, 0.5) is 8.78 Å². The van der Waals surface area contributed by atoms with Gasteiger partial charge in [0.25, 0.3) is 0 Å². The van der Waals surface area contributed by atoms with Crippen molar-refractivity contribution in [2.45, 2.75) is 82.2 Å². The molecule has 40 heavy (non-hydrogen) atoms. The molecule has 3 fully saturated rings. The second kappa shape index (κ2) is 13.4. The van der Waals surface area contributed by atoms with Gasteiger partial charge in [-0.25, -0.2) is 17.2 Å². The Balaban J connectivity index is 1.49. The summed E-state index contributed by atoms with van der Waals surface area (Å²) in [6.45, 7) is 7.71. The maximum atomic E-state index is 15.4. The molecule has 1 amide bonds. The number of nitrogens with one attached hydrogen (secondary N) is 3. The van der Waals surface area contributed by atoms with Crippen LogP contribution in [0.2, 0.25) is 0 Å². The minimum atomic E-state index is -3.29. The highest BCUT2D eigenvalue weighted by molar-refractivity contribution is 7.90. The Morgan fingerprint density at radius 2 is 1.85 bits per heavy atom. The second-order valence-corrected chi connectivity index (χ2v) is 13.6. The van der Waals surface area contributed by atoms with Gasteiger partial charge in [-0.05, 0) is 50.7 Å². The van der Waals surface area contributed by atoms with Gasteiger partial charge in [0.05, 0.1) is 41.7 Å². The van der Waals surface area contributed by atoms with Crippen molar-refractivity contribution in [2.24, 2.45) is 22.6 Å². The summed E-state index contributed by atoms with van der Waals surface area (Å²) in [6.07, 6.45) is 5.11. The minimum absolute atomic E-state index is 0.118. The van der Waals surface area contributed by atoms with Crippen LogP contribution in [0.1, 0.15) is 46.5 Å². The molecule has 5 N–H and O–H groups in total. The average Bonchev–Trinajstić information content (AvgIpc) is 3.77. The predicted molar refractivity (Wildman–Crippen MR) is 152 cm³/mol. The molecule has 4 aliphatic rings. The van der Waals surface area contributed by atoms with Crippen LogP contribution < -0.4 is 21.7 Å². The molecule has 0 radical (unpaired) electrons. The van der Waals surface area contributed by atoms with Crippen molar-refractivity contribution in [3.63, 3.8) is 0 Å². The van der Waals surface area contributed by atoms with Gasteiger partial charge in [-0.3, -0.25) is 14.7 Å². The molecule has 6 atom stereocenters. The molecule has 3 heterocycles. The summed E-state index contributed by atoms with van der Waals surface area (Å²) in [6, 6.07) is -1.82. The molecule has 1 aliphatic carbocycles. The number of piperidine rings is 1. The standard InChI is InChI=1S/C27H45F2N7O3S/c1-4-18(5-2)22-9-6-19(28)14-32-17(3)24(26(30)33-22)27(37)34-23-16-31-15-21(29)25(23)35-10-12-36(13-11-35)40(38,39)20-7-8-20/h6,9,14,17-18,20-21,23-26,31,33H,4-5,7-8,10-13,15-16,30H2,1-3H3,(H,34,37)/b19-6+,22-9-,32-14-. The van der Waals surface area contributed by atoms with E-state index in [4.69, 9.17) is 5.73 Å². The zero-order chi connectivity index (χ0) is 29.0. The first-order chi connectivity index (χ1) is 19.1. The summed E-state index contributed by atoms with van der Waals surface area (Å²) in [4.78, 5) is 20.0. The molecule has 6 unspecified atom stereocenters. The van der Waals surface area contributed by atoms with Gasteiger partial charge >= 0.3 is 0 Å². The highest BCUT2D eigenvalue weighted by atomic mass is 32.2. The van der Waals surface area contributed by atoms with E-state index < -0.39 is 52.2 Å². The van der Waals surface area contributed by atoms with Crippen LogP contribution in [-0.2, 0) is 14.8 Å². The lowest BCUT2D eigenvalue weighted by atomic mass is 9.92. The topological polar surface area (TPSA) is 132 Å². The van der Waals surface area contributed by atoms with Gasteiger partial charge in [-0.2, -0.15) is 4.31 Å². The quantitative estimate of drug-likeness (QED) is 0.335. The highest BCUT2D eigenvalue weighted by Gasteiger charge is 2.45. The van der Waals surface area contributed by atoms with E-state index in [0.717, 1.165) is 24.8 Å². The number of nitrogens with two attached hydrogens (primary N) is 1. The highest BCUT2D eigenvalue weighted by Crippen LogP contribution is 2.32. The molecule has 4 rings (SSSR count). The van der Waals surface area contributed by atoms with Crippen molar-refractivity contribution in [2.75, 3.05) is 39.3 Å². The van der Waals surface area contributed by atoms with Crippen LogP contribution in [0.5, 0.6) is 0 Å². The Kier molecular flexibility index (Phi) is 10.4. The molecule has 0 aromatic rings. The number of allylic oxidation sites excluding steroid dienone is 4. The summed E-state index contributed by atoms with van der Waals surface area (Å²) in [5.74, 6) is -1.64. The van der Waals surface area contributed by atoms with Gasteiger partial charge < -0.3 is 21.7 Å². The molecule has 0 aromatic heterocycles. The SMILES string of the molecule is CCC(CC)/C1=C/C=C(F)\C=N/C(C)C(C(=O)NC2CNCC(F)C2N2CCN(S(=O)(=O)C3CC3)CC2)C(N)N1. The molecule has 226 valence electrons. The monoisotopic (exact) mass is 585 g/mol.